The lowest BCUT2D eigenvalue weighted by molar-refractivity contribution is -0.114. The van der Waals surface area contributed by atoms with Crippen LogP contribution in [0.3, 0.4) is 0 Å². The molecule has 0 aliphatic rings. The van der Waals surface area contributed by atoms with E-state index in [1.54, 1.807) is 13.2 Å². The van der Waals surface area contributed by atoms with Gasteiger partial charge in [-0.05, 0) is 48.8 Å². The lowest BCUT2D eigenvalue weighted by atomic mass is 10.1. The van der Waals surface area contributed by atoms with E-state index in [0.29, 0.717) is 11.1 Å². The fourth-order valence-electron chi connectivity index (χ4n) is 1.97. The number of carbonyl (C=O) groups is 1. The predicted octanol–water partition coefficient (Wildman–Crippen LogP) is 2.14. The van der Waals surface area contributed by atoms with Crippen LogP contribution in [0.4, 0.5) is 11.6 Å². The summed E-state index contributed by atoms with van der Waals surface area (Å²) in [6, 6.07) is 9.93. The molecule has 7 heteroatoms. The summed E-state index contributed by atoms with van der Waals surface area (Å²) in [5.41, 5.74) is 3.04. The van der Waals surface area contributed by atoms with Crippen molar-refractivity contribution in [3.63, 3.8) is 0 Å². The maximum atomic E-state index is 11.0. The normalized spacial score (nSPS) is 10.0. The Morgan fingerprint density at radius 3 is 2.52 bits per heavy atom. The topological polar surface area (TPSA) is 78.9 Å². The van der Waals surface area contributed by atoms with Gasteiger partial charge < -0.3 is 10.6 Å². The number of aromatic nitrogens is 2. The first-order chi connectivity index (χ1) is 11.1. The molecule has 3 N–H and O–H groups in total. The Hall–Kier alpha value is -2.54. The first-order valence-corrected chi connectivity index (χ1v) is 7.65. The fraction of sp³-hybridized carbons (Fsp3) is 0.250. The van der Waals surface area contributed by atoms with Crippen molar-refractivity contribution in [2.75, 3.05) is 17.7 Å². The summed E-state index contributed by atoms with van der Waals surface area (Å²) in [4.78, 5) is 19.4. The lowest BCUT2D eigenvalue weighted by Gasteiger charge is -2.08. The summed E-state index contributed by atoms with van der Waals surface area (Å²) in [5, 5.41) is 9.12. The maximum Gasteiger partial charge on any atom is 0.229 e. The van der Waals surface area contributed by atoms with Gasteiger partial charge in [0, 0.05) is 31.5 Å². The van der Waals surface area contributed by atoms with Crippen LogP contribution >= 0.6 is 12.2 Å². The van der Waals surface area contributed by atoms with Crippen molar-refractivity contribution in [3.8, 4) is 0 Å². The molecule has 0 fully saturated rings. The summed E-state index contributed by atoms with van der Waals surface area (Å²) in [7, 11) is 1.78. The Morgan fingerprint density at radius 1 is 1.13 bits per heavy atom. The van der Waals surface area contributed by atoms with Gasteiger partial charge in [0.15, 0.2) is 5.11 Å². The Balaban J connectivity index is 1.93. The molecular weight excluding hydrogens is 310 g/mol. The molecule has 0 bridgehead atoms. The van der Waals surface area contributed by atoms with E-state index in [0.717, 1.165) is 24.2 Å². The molecule has 0 aliphatic carbocycles. The Kier molecular flexibility index (Phi) is 5.99. The van der Waals surface area contributed by atoms with Gasteiger partial charge >= 0.3 is 0 Å². The van der Waals surface area contributed by atoms with E-state index in [2.05, 4.69) is 38.1 Å². The quantitative estimate of drug-likeness (QED) is 0.730. The molecule has 0 atom stereocenters. The summed E-state index contributed by atoms with van der Waals surface area (Å²) < 4.78 is 0. The molecule has 0 radical (unpaired) electrons. The monoisotopic (exact) mass is 329 g/mol. The smallest absolute Gasteiger partial charge is 0.229 e. The van der Waals surface area contributed by atoms with Gasteiger partial charge in [-0.3, -0.25) is 10.1 Å². The average molecular weight is 329 g/mol. The van der Waals surface area contributed by atoms with Crippen molar-refractivity contribution in [2.45, 2.75) is 19.8 Å². The van der Waals surface area contributed by atoms with Crippen LogP contribution in [0, 0.1) is 0 Å². The van der Waals surface area contributed by atoms with E-state index >= 15 is 0 Å². The number of carbonyl (C=O) groups excluding carboxylic acids is 1. The summed E-state index contributed by atoms with van der Waals surface area (Å²) >= 11 is 5.06. The van der Waals surface area contributed by atoms with Crippen LogP contribution in [-0.2, 0) is 17.6 Å². The molecule has 1 amide bonds. The van der Waals surface area contributed by atoms with Gasteiger partial charge in [-0.15, -0.1) is 0 Å². The zero-order chi connectivity index (χ0) is 16.7. The highest BCUT2D eigenvalue weighted by Gasteiger charge is 2.02. The second kappa shape index (κ2) is 8.19. The highest BCUT2D eigenvalue weighted by atomic mass is 32.1. The SMILES string of the molecule is CNC(=S)Nc1ccc(CCc2ccnc(NC(C)=O)n2)cc1. The number of hydrogen-bond donors (Lipinski definition) is 3. The first-order valence-electron chi connectivity index (χ1n) is 7.24. The molecule has 0 saturated heterocycles. The summed E-state index contributed by atoms with van der Waals surface area (Å²) in [6.07, 6.45) is 3.28. The third-order valence-electron chi connectivity index (χ3n) is 3.11. The van der Waals surface area contributed by atoms with Crippen LogP contribution in [-0.4, -0.2) is 28.0 Å². The number of rotatable bonds is 5. The molecule has 1 heterocycles. The number of anilines is 2. The standard InChI is InChI=1S/C16H19N5OS/c1-11(22)19-15-18-10-9-14(20-15)8-5-12-3-6-13(7-4-12)21-16(23)17-2/h3-4,6-7,9-10H,5,8H2,1-2H3,(H2,17,21,23)(H,18,19,20,22). The number of nitrogens with one attached hydrogen (secondary N) is 3. The summed E-state index contributed by atoms with van der Waals surface area (Å²) in [5.74, 6) is 0.167. The van der Waals surface area contributed by atoms with Crippen LogP contribution in [0.5, 0.6) is 0 Å². The van der Waals surface area contributed by atoms with Gasteiger partial charge in [-0.1, -0.05) is 12.1 Å². The number of amides is 1. The minimum absolute atomic E-state index is 0.176. The Bertz CT molecular complexity index is 687. The highest BCUT2D eigenvalue weighted by molar-refractivity contribution is 7.80. The number of aryl methyl sites for hydroxylation is 2. The first kappa shape index (κ1) is 16.8. The Morgan fingerprint density at radius 2 is 1.87 bits per heavy atom. The minimum Gasteiger partial charge on any atom is -0.366 e. The van der Waals surface area contributed by atoms with Crippen molar-refractivity contribution in [3.05, 3.63) is 47.8 Å². The predicted molar refractivity (Wildman–Crippen MR) is 95.5 cm³/mol. The van der Waals surface area contributed by atoms with Crippen molar-refractivity contribution in [1.29, 1.82) is 0 Å². The zero-order valence-corrected chi connectivity index (χ0v) is 13.9. The Labute approximate surface area is 140 Å². The molecule has 0 aliphatic heterocycles. The average Bonchev–Trinajstić information content (AvgIpc) is 2.54. The van der Waals surface area contributed by atoms with Crippen molar-refractivity contribution in [1.82, 2.24) is 15.3 Å². The van der Waals surface area contributed by atoms with Gasteiger partial charge in [0.2, 0.25) is 11.9 Å². The van der Waals surface area contributed by atoms with Crippen LogP contribution in [0.1, 0.15) is 18.2 Å². The molecule has 1 aromatic carbocycles. The van der Waals surface area contributed by atoms with E-state index in [9.17, 15) is 4.79 Å². The van der Waals surface area contributed by atoms with Crippen molar-refractivity contribution in [2.24, 2.45) is 0 Å². The molecule has 2 rings (SSSR count). The second-order valence-electron chi connectivity index (χ2n) is 4.95. The fourth-order valence-corrected chi connectivity index (χ4v) is 2.09. The second-order valence-corrected chi connectivity index (χ2v) is 5.36. The molecule has 23 heavy (non-hydrogen) atoms. The highest BCUT2D eigenvalue weighted by Crippen LogP contribution is 2.12. The maximum absolute atomic E-state index is 11.0. The molecule has 6 nitrogen and oxygen atoms in total. The van der Waals surface area contributed by atoms with Crippen molar-refractivity contribution < 1.29 is 4.79 Å². The molecule has 0 unspecified atom stereocenters. The minimum atomic E-state index is -0.176. The van der Waals surface area contributed by atoms with Crippen LogP contribution in [0.25, 0.3) is 0 Å². The molecule has 120 valence electrons. The molecular formula is C16H19N5OS. The van der Waals surface area contributed by atoms with Crippen LogP contribution in [0.15, 0.2) is 36.5 Å². The van der Waals surface area contributed by atoms with E-state index < -0.39 is 0 Å². The van der Waals surface area contributed by atoms with E-state index in [1.165, 1.54) is 12.5 Å². The van der Waals surface area contributed by atoms with Crippen LogP contribution < -0.4 is 16.0 Å². The molecule has 0 spiro atoms. The number of thiocarbonyl (C=S) groups is 1. The van der Waals surface area contributed by atoms with Crippen LogP contribution in [0.2, 0.25) is 0 Å². The van der Waals surface area contributed by atoms with Gasteiger partial charge in [-0.2, -0.15) is 0 Å². The third kappa shape index (κ3) is 5.63. The van der Waals surface area contributed by atoms with Gasteiger partial charge in [-0.25, -0.2) is 9.97 Å². The number of hydrogen-bond acceptors (Lipinski definition) is 4. The van der Waals surface area contributed by atoms with Gasteiger partial charge in [0.05, 0.1) is 0 Å². The number of benzene rings is 1. The number of nitrogens with zero attached hydrogens (tertiary/aromatic N) is 2. The van der Waals surface area contributed by atoms with Gasteiger partial charge in [0.25, 0.3) is 0 Å². The molecule has 0 saturated carbocycles. The third-order valence-corrected chi connectivity index (χ3v) is 3.42. The molecule has 1 aromatic heterocycles. The largest absolute Gasteiger partial charge is 0.366 e. The molecule has 2 aromatic rings. The zero-order valence-electron chi connectivity index (χ0n) is 13.1. The van der Waals surface area contributed by atoms with E-state index in [4.69, 9.17) is 12.2 Å². The summed E-state index contributed by atoms with van der Waals surface area (Å²) in [6.45, 7) is 1.44. The lowest BCUT2D eigenvalue weighted by Crippen LogP contribution is -2.23. The van der Waals surface area contributed by atoms with Crippen molar-refractivity contribution >= 4 is 34.9 Å². The van der Waals surface area contributed by atoms with Gasteiger partial charge in [0.1, 0.15) is 0 Å². The van der Waals surface area contributed by atoms with E-state index in [1.807, 2.05) is 18.2 Å². The van der Waals surface area contributed by atoms with E-state index in [-0.39, 0.29) is 5.91 Å².